The third kappa shape index (κ3) is 6.48. The van der Waals surface area contributed by atoms with Gasteiger partial charge < -0.3 is 20.1 Å². The quantitative estimate of drug-likeness (QED) is 0.638. The number of nitrogens with one attached hydrogen (secondary N) is 2. The molecule has 0 radical (unpaired) electrons. The summed E-state index contributed by atoms with van der Waals surface area (Å²) in [7, 11) is 3.25. The average molecular weight is 425 g/mol. The third-order valence-corrected chi connectivity index (χ3v) is 5.83. The van der Waals surface area contributed by atoms with Crippen LogP contribution in [0, 0.1) is 5.92 Å². The molecule has 31 heavy (non-hydrogen) atoms. The number of ether oxygens (including phenoxy) is 2. The number of hydrogen-bond donors (Lipinski definition) is 2. The number of methoxy groups -OCH3 is 2. The SMILES string of the molecule is COc1ccc(C(NC(=O)CCNC(=O)C2CCCCC2)c2ccc(OC)cc2)cc1. The number of amides is 2. The Morgan fingerprint density at radius 2 is 1.39 bits per heavy atom. The summed E-state index contributed by atoms with van der Waals surface area (Å²) in [6.07, 6.45) is 5.59. The molecule has 0 aliphatic heterocycles. The maximum Gasteiger partial charge on any atom is 0.223 e. The minimum Gasteiger partial charge on any atom is -0.497 e. The van der Waals surface area contributed by atoms with Gasteiger partial charge in [0.25, 0.3) is 0 Å². The molecule has 1 aliphatic rings. The van der Waals surface area contributed by atoms with Crippen LogP contribution in [0.4, 0.5) is 0 Å². The second-order valence-corrected chi connectivity index (χ2v) is 7.92. The van der Waals surface area contributed by atoms with Crippen molar-refractivity contribution in [3.05, 3.63) is 59.7 Å². The van der Waals surface area contributed by atoms with Crippen molar-refractivity contribution in [1.29, 1.82) is 0 Å². The Balaban J connectivity index is 1.62. The van der Waals surface area contributed by atoms with Gasteiger partial charge in [-0.2, -0.15) is 0 Å². The molecular weight excluding hydrogens is 392 g/mol. The molecule has 2 aromatic carbocycles. The van der Waals surface area contributed by atoms with E-state index in [1.807, 2.05) is 48.5 Å². The normalized spacial score (nSPS) is 14.2. The Labute approximate surface area is 184 Å². The predicted octanol–water partition coefficient (Wildman–Crippen LogP) is 4.00. The van der Waals surface area contributed by atoms with E-state index in [1.54, 1.807) is 14.2 Å². The number of rotatable bonds is 9. The predicted molar refractivity (Wildman–Crippen MR) is 120 cm³/mol. The van der Waals surface area contributed by atoms with E-state index in [9.17, 15) is 9.59 Å². The van der Waals surface area contributed by atoms with Crippen LogP contribution in [0.3, 0.4) is 0 Å². The summed E-state index contributed by atoms with van der Waals surface area (Å²) in [6.45, 7) is 0.346. The van der Waals surface area contributed by atoms with Crippen molar-refractivity contribution in [1.82, 2.24) is 10.6 Å². The zero-order valence-corrected chi connectivity index (χ0v) is 18.4. The van der Waals surface area contributed by atoms with Crippen LogP contribution in [-0.4, -0.2) is 32.6 Å². The molecule has 0 unspecified atom stereocenters. The summed E-state index contributed by atoms with van der Waals surface area (Å²) in [6, 6.07) is 15.0. The van der Waals surface area contributed by atoms with E-state index < -0.39 is 0 Å². The van der Waals surface area contributed by atoms with Gasteiger partial charge in [-0.25, -0.2) is 0 Å². The second kappa shape index (κ2) is 11.4. The van der Waals surface area contributed by atoms with Gasteiger partial charge in [0, 0.05) is 18.9 Å². The van der Waals surface area contributed by atoms with Crippen LogP contribution in [0.2, 0.25) is 0 Å². The third-order valence-electron chi connectivity index (χ3n) is 5.83. The molecule has 1 fully saturated rings. The first kappa shape index (κ1) is 22.7. The van der Waals surface area contributed by atoms with Crippen molar-refractivity contribution in [2.45, 2.75) is 44.6 Å². The Kier molecular flexibility index (Phi) is 8.33. The highest BCUT2D eigenvalue weighted by molar-refractivity contribution is 5.81. The number of benzene rings is 2. The van der Waals surface area contributed by atoms with E-state index in [4.69, 9.17) is 9.47 Å². The summed E-state index contributed by atoms with van der Waals surface area (Å²) < 4.78 is 10.5. The van der Waals surface area contributed by atoms with Gasteiger partial charge in [-0.15, -0.1) is 0 Å². The molecule has 0 bridgehead atoms. The van der Waals surface area contributed by atoms with Crippen LogP contribution in [0.5, 0.6) is 11.5 Å². The fraction of sp³-hybridized carbons (Fsp3) is 0.440. The lowest BCUT2D eigenvalue weighted by Gasteiger charge is -2.22. The summed E-state index contributed by atoms with van der Waals surface area (Å²) in [5, 5.41) is 6.04. The largest absolute Gasteiger partial charge is 0.497 e. The highest BCUT2D eigenvalue weighted by atomic mass is 16.5. The fourth-order valence-electron chi connectivity index (χ4n) is 3.99. The minimum absolute atomic E-state index is 0.0781. The van der Waals surface area contributed by atoms with Crippen LogP contribution in [0.1, 0.15) is 55.7 Å². The molecule has 0 atom stereocenters. The van der Waals surface area contributed by atoms with Crippen molar-refractivity contribution in [2.24, 2.45) is 5.92 Å². The van der Waals surface area contributed by atoms with Gasteiger partial charge in [0.05, 0.1) is 20.3 Å². The topological polar surface area (TPSA) is 76.7 Å². The van der Waals surface area contributed by atoms with Crippen LogP contribution < -0.4 is 20.1 Å². The Hall–Kier alpha value is -3.02. The van der Waals surface area contributed by atoms with Crippen molar-refractivity contribution < 1.29 is 19.1 Å². The molecule has 2 amide bonds. The number of carbonyl (C=O) groups is 2. The molecule has 2 aromatic rings. The number of carbonyl (C=O) groups excluding carboxylic acids is 2. The molecule has 0 heterocycles. The summed E-state index contributed by atoms with van der Waals surface area (Å²) in [5.74, 6) is 1.58. The van der Waals surface area contributed by atoms with Crippen molar-refractivity contribution in [2.75, 3.05) is 20.8 Å². The van der Waals surface area contributed by atoms with Crippen molar-refractivity contribution >= 4 is 11.8 Å². The fourth-order valence-corrected chi connectivity index (χ4v) is 3.99. The maximum atomic E-state index is 12.7. The lowest BCUT2D eigenvalue weighted by Crippen LogP contribution is -2.36. The highest BCUT2D eigenvalue weighted by Gasteiger charge is 2.21. The molecule has 166 valence electrons. The average Bonchev–Trinajstić information content (AvgIpc) is 2.83. The Bertz CT molecular complexity index is 795. The molecule has 0 saturated heterocycles. The first-order valence-corrected chi connectivity index (χ1v) is 11.0. The molecule has 1 aliphatic carbocycles. The molecular formula is C25H32N2O4. The minimum atomic E-state index is -0.307. The molecule has 2 N–H and O–H groups in total. The summed E-state index contributed by atoms with van der Waals surface area (Å²) >= 11 is 0. The Morgan fingerprint density at radius 1 is 0.871 bits per heavy atom. The van der Waals surface area contributed by atoms with Crippen molar-refractivity contribution in [3.8, 4) is 11.5 Å². The van der Waals surface area contributed by atoms with E-state index in [2.05, 4.69) is 10.6 Å². The second-order valence-electron chi connectivity index (χ2n) is 7.92. The standard InChI is InChI=1S/C25H32N2O4/c1-30-21-12-8-18(9-13-21)24(19-10-14-22(31-2)15-11-19)27-23(28)16-17-26-25(29)20-6-4-3-5-7-20/h8-15,20,24H,3-7,16-17H2,1-2H3,(H,26,29)(H,27,28). The molecule has 6 nitrogen and oxygen atoms in total. The molecule has 6 heteroatoms. The van der Waals surface area contributed by atoms with Crippen LogP contribution in [-0.2, 0) is 9.59 Å². The lowest BCUT2D eigenvalue weighted by molar-refractivity contribution is -0.126. The molecule has 0 aromatic heterocycles. The van der Waals surface area contributed by atoms with E-state index in [0.29, 0.717) is 6.54 Å². The highest BCUT2D eigenvalue weighted by Crippen LogP contribution is 2.26. The van der Waals surface area contributed by atoms with Crippen LogP contribution >= 0.6 is 0 Å². The van der Waals surface area contributed by atoms with Gasteiger partial charge in [0.1, 0.15) is 11.5 Å². The van der Waals surface area contributed by atoms with E-state index >= 15 is 0 Å². The van der Waals surface area contributed by atoms with Crippen molar-refractivity contribution in [3.63, 3.8) is 0 Å². The van der Waals surface area contributed by atoms with Gasteiger partial charge in [0.2, 0.25) is 11.8 Å². The van der Waals surface area contributed by atoms with Crippen LogP contribution in [0.25, 0.3) is 0 Å². The summed E-state index contributed by atoms with van der Waals surface area (Å²) in [4.78, 5) is 25.0. The summed E-state index contributed by atoms with van der Waals surface area (Å²) in [5.41, 5.74) is 1.90. The molecule has 0 spiro atoms. The molecule has 1 saturated carbocycles. The zero-order valence-electron chi connectivity index (χ0n) is 18.4. The zero-order chi connectivity index (χ0) is 22.1. The number of hydrogen-bond acceptors (Lipinski definition) is 4. The van der Waals surface area contributed by atoms with Gasteiger partial charge in [0.15, 0.2) is 0 Å². The van der Waals surface area contributed by atoms with Gasteiger partial charge >= 0.3 is 0 Å². The lowest BCUT2D eigenvalue weighted by atomic mass is 9.89. The van der Waals surface area contributed by atoms with E-state index in [1.165, 1.54) is 6.42 Å². The van der Waals surface area contributed by atoms with Gasteiger partial charge in [-0.05, 0) is 48.2 Å². The van der Waals surface area contributed by atoms with E-state index in [0.717, 1.165) is 48.3 Å². The van der Waals surface area contributed by atoms with E-state index in [-0.39, 0.29) is 30.2 Å². The van der Waals surface area contributed by atoms with Gasteiger partial charge in [-0.1, -0.05) is 43.5 Å². The monoisotopic (exact) mass is 424 g/mol. The molecule has 3 rings (SSSR count). The van der Waals surface area contributed by atoms with Gasteiger partial charge in [-0.3, -0.25) is 9.59 Å². The Morgan fingerprint density at radius 3 is 1.87 bits per heavy atom. The smallest absolute Gasteiger partial charge is 0.223 e. The first-order valence-electron chi connectivity index (χ1n) is 11.0. The van der Waals surface area contributed by atoms with Crippen LogP contribution in [0.15, 0.2) is 48.5 Å². The maximum absolute atomic E-state index is 12.7. The first-order chi connectivity index (χ1) is 15.1.